The highest BCUT2D eigenvalue weighted by atomic mass is 16.5. The molecule has 0 aliphatic heterocycles. The summed E-state index contributed by atoms with van der Waals surface area (Å²) in [6.45, 7) is 2.88. The Labute approximate surface area is 207 Å². The molecule has 0 fully saturated rings. The Hall–Kier alpha value is -4.44. The maximum absolute atomic E-state index is 13.4. The molecular weight excluding hydrogens is 460 g/mol. The van der Waals surface area contributed by atoms with Gasteiger partial charge in [0.1, 0.15) is 23.6 Å². The summed E-state index contributed by atoms with van der Waals surface area (Å²) in [6, 6.07) is 9.48. The van der Waals surface area contributed by atoms with Crippen LogP contribution in [0.3, 0.4) is 0 Å². The van der Waals surface area contributed by atoms with Gasteiger partial charge in [0, 0.05) is 43.9 Å². The summed E-state index contributed by atoms with van der Waals surface area (Å²) in [5, 5.41) is 4.69. The summed E-state index contributed by atoms with van der Waals surface area (Å²) in [4.78, 5) is 25.3. The zero-order chi connectivity index (χ0) is 25.2. The molecule has 5 rings (SSSR count). The second kappa shape index (κ2) is 9.67. The summed E-state index contributed by atoms with van der Waals surface area (Å²) >= 11 is 0. The van der Waals surface area contributed by atoms with E-state index in [4.69, 9.17) is 19.3 Å². The van der Waals surface area contributed by atoms with Gasteiger partial charge in [-0.25, -0.2) is 9.50 Å². The third kappa shape index (κ3) is 4.11. The molecule has 0 amide bonds. The lowest BCUT2D eigenvalue weighted by molar-refractivity contribution is 0.146. The number of rotatable bonds is 8. The number of aromatic nitrogens is 6. The van der Waals surface area contributed by atoms with E-state index in [9.17, 15) is 4.79 Å². The van der Waals surface area contributed by atoms with Crippen LogP contribution in [0.15, 0.2) is 59.9 Å². The van der Waals surface area contributed by atoms with Gasteiger partial charge in [-0.2, -0.15) is 0 Å². The number of hydrogen-bond donors (Lipinski definition) is 1. The highest BCUT2D eigenvalue weighted by Crippen LogP contribution is 2.39. The van der Waals surface area contributed by atoms with Crippen molar-refractivity contribution in [2.24, 2.45) is 7.05 Å². The zero-order valence-electron chi connectivity index (χ0n) is 20.5. The van der Waals surface area contributed by atoms with Gasteiger partial charge in [-0.15, -0.1) is 5.10 Å². The Kier molecular flexibility index (Phi) is 6.26. The molecule has 1 aromatic carbocycles. The number of nitrogens with one attached hydrogen (secondary N) is 1. The van der Waals surface area contributed by atoms with E-state index in [-0.39, 0.29) is 5.56 Å². The first-order valence-electron chi connectivity index (χ1n) is 11.4. The van der Waals surface area contributed by atoms with E-state index in [1.807, 2.05) is 50.5 Å². The van der Waals surface area contributed by atoms with Crippen molar-refractivity contribution in [1.82, 2.24) is 29.1 Å². The maximum atomic E-state index is 13.4. The van der Waals surface area contributed by atoms with Gasteiger partial charge in [-0.05, 0) is 36.2 Å². The van der Waals surface area contributed by atoms with Crippen molar-refractivity contribution in [2.45, 2.75) is 6.92 Å². The van der Waals surface area contributed by atoms with Crippen LogP contribution < -0.4 is 15.0 Å². The molecule has 0 saturated carbocycles. The largest absolute Gasteiger partial charge is 0.496 e. The van der Waals surface area contributed by atoms with E-state index in [0.717, 1.165) is 22.4 Å². The first kappa shape index (κ1) is 23.3. The minimum Gasteiger partial charge on any atom is -0.496 e. The monoisotopic (exact) mass is 486 g/mol. The smallest absolute Gasteiger partial charge is 0.276 e. The minimum atomic E-state index is -0.299. The summed E-state index contributed by atoms with van der Waals surface area (Å²) in [7, 11) is 5.10. The molecular formula is C26H26N6O4. The summed E-state index contributed by atoms with van der Waals surface area (Å²) in [5.41, 5.74) is 4.02. The summed E-state index contributed by atoms with van der Waals surface area (Å²) < 4.78 is 19.6. The fraction of sp³-hybridized carbons (Fsp3) is 0.231. The zero-order valence-corrected chi connectivity index (χ0v) is 20.5. The lowest BCUT2D eigenvalue weighted by atomic mass is 9.96. The number of methoxy groups -OCH3 is 2. The van der Waals surface area contributed by atoms with Crippen LogP contribution in [0, 0.1) is 6.92 Å². The molecule has 0 spiro atoms. The van der Waals surface area contributed by atoms with Crippen molar-refractivity contribution in [3.8, 4) is 45.5 Å². The highest BCUT2D eigenvalue weighted by molar-refractivity contribution is 5.94. The van der Waals surface area contributed by atoms with E-state index < -0.39 is 0 Å². The van der Waals surface area contributed by atoms with Gasteiger partial charge in [0.15, 0.2) is 11.6 Å². The van der Waals surface area contributed by atoms with Crippen LogP contribution in [0.5, 0.6) is 11.5 Å². The number of hydrogen-bond acceptors (Lipinski definition) is 7. The third-order valence-electron chi connectivity index (χ3n) is 6.02. The van der Waals surface area contributed by atoms with Crippen LogP contribution in [-0.4, -0.2) is 56.6 Å². The molecule has 0 unspecified atom stereocenters. The van der Waals surface area contributed by atoms with E-state index in [1.54, 1.807) is 41.9 Å². The Morgan fingerprint density at radius 3 is 2.61 bits per heavy atom. The number of aryl methyl sites for hydroxylation is 1. The maximum Gasteiger partial charge on any atom is 0.276 e. The van der Waals surface area contributed by atoms with Crippen molar-refractivity contribution in [3.05, 3.63) is 71.0 Å². The number of nitrogens with zero attached hydrogens (tertiary/aromatic N) is 5. The first-order valence-corrected chi connectivity index (χ1v) is 11.4. The van der Waals surface area contributed by atoms with Crippen molar-refractivity contribution < 1.29 is 14.2 Å². The standard InChI is InChI=1S/C26H26N6O4/c1-16-18(6-5-7-21(16)35-4)19-15-32-23(26(33)29-24(30-32)25-27-10-11-31(25)2)22(19)20-9-8-17(14-28-20)36-13-12-34-3/h5-11,14-15H,12-13H2,1-4H3,(H,29,30,33). The minimum absolute atomic E-state index is 0.299. The van der Waals surface area contributed by atoms with Crippen molar-refractivity contribution in [1.29, 1.82) is 0 Å². The molecule has 184 valence electrons. The Morgan fingerprint density at radius 1 is 1.06 bits per heavy atom. The molecule has 0 aliphatic carbocycles. The second-order valence-electron chi connectivity index (χ2n) is 8.23. The van der Waals surface area contributed by atoms with Gasteiger partial charge in [0.05, 0.1) is 25.6 Å². The van der Waals surface area contributed by atoms with Crippen molar-refractivity contribution in [3.63, 3.8) is 0 Å². The molecule has 10 heteroatoms. The van der Waals surface area contributed by atoms with Crippen LogP contribution >= 0.6 is 0 Å². The second-order valence-corrected chi connectivity index (χ2v) is 8.23. The molecule has 0 aliphatic rings. The number of fused-ring (bicyclic) bond motifs is 1. The topological polar surface area (TPSA) is 109 Å². The van der Waals surface area contributed by atoms with Crippen LogP contribution in [-0.2, 0) is 11.8 Å². The molecule has 36 heavy (non-hydrogen) atoms. The Morgan fingerprint density at radius 2 is 1.92 bits per heavy atom. The van der Waals surface area contributed by atoms with E-state index in [0.29, 0.717) is 47.4 Å². The molecule has 1 N–H and O–H groups in total. The molecule has 0 radical (unpaired) electrons. The molecule has 4 aromatic heterocycles. The highest BCUT2D eigenvalue weighted by Gasteiger charge is 2.22. The molecule has 0 saturated heterocycles. The molecule has 10 nitrogen and oxygen atoms in total. The van der Waals surface area contributed by atoms with E-state index in [1.165, 1.54) is 0 Å². The SMILES string of the molecule is COCCOc1ccc(-c2c(-c3cccc(OC)c3C)cn3nc(-c4nccn4C)[nH]c(=O)c23)nc1. The van der Waals surface area contributed by atoms with Gasteiger partial charge < -0.3 is 23.8 Å². The summed E-state index contributed by atoms with van der Waals surface area (Å²) in [5.74, 6) is 2.28. The molecule has 0 atom stereocenters. The van der Waals surface area contributed by atoms with Crippen LogP contribution in [0.1, 0.15) is 5.56 Å². The van der Waals surface area contributed by atoms with E-state index >= 15 is 0 Å². The lowest BCUT2D eigenvalue weighted by Crippen LogP contribution is -2.15. The lowest BCUT2D eigenvalue weighted by Gasteiger charge is -2.11. The van der Waals surface area contributed by atoms with Gasteiger partial charge in [-0.1, -0.05) is 12.1 Å². The number of H-pyrrole nitrogens is 1. The van der Waals surface area contributed by atoms with Gasteiger partial charge >= 0.3 is 0 Å². The van der Waals surface area contributed by atoms with Gasteiger partial charge in [0.25, 0.3) is 5.56 Å². The number of imidazole rings is 1. The van der Waals surface area contributed by atoms with E-state index in [2.05, 4.69) is 15.0 Å². The molecule has 5 aromatic rings. The van der Waals surface area contributed by atoms with Crippen LogP contribution in [0.2, 0.25) is 0 Å². The number of benzene rings is 1. The third-order valence-corrected chi connectivity index (χ3v) is 6.02. The van der Waals surface area contributed by atoms with Crippen molar-refractivity contribution in [2.75, 3.05) is 27.4 Å². The normalized spacial score (nSPS) is 11.2. The number of aromatic amines is 1. The number of ether oxygens (including phenoxy) is 3. The first-order chi connectivity index (χ1) is 17.5. The number of pyridine rings is 1. The van der Waals surface area contributed by atoms with Crippen molar-refractivity contribution >= 4 is 5.52 Å². The fourth-order valence-corrected chi connectivity index (χ4v) is 4.23. The summed E-state index contributed by atoms with van der Waals surface area (Å²) in [6.07, 6.45) is 6.94. The average Bonchev–Trinajstić information content (AvgIpc) is 3.48. The van der Waals surface area contributed by atoms with Crippen LogP contribution in [0.4, 0.5) is 0 Å². The quantitative estimate of drug-likeness (QED) is 0.335. The fourth-order valence-electron chi connectivity index (χ4n) is 4.23. The molecule has 0 bridgehead atoms. The van der Waals surface area contributed by atoms with Crippen LogP contribution in [0.25, 0.3) is 39.5 Å². The van der Waals surface area contributed by atoms with Gasteiger partial charge in [0.2, 0.25) is 0 Å². The Balaban J connectivity index is 1.72. The molecule has 4 heterocycles. The average molecular weight is 487 g/mol. The Bertz CT molecular complexity index is 1580. The predicted octanol–water partition coefficient (Wildman–Crippen LogP) is 3.49. The predicted molar refractivity (Wildman–Crippen MR) is 135 cm³/mol. The van der Waals surface area contributed by atoms with Gasteiger partial charge in [-0.3, -0.25) is 9.78 Å².